The third-order valence-electron chi connectivity index (χ3n) is 5.35. The Morgan fingerprint density at radius 2 is 1.74 bits per heavy atom. The molecular weight excluding hydrogens is 491 g/mol. The number of benzene rings is 2. The lowest BCUT2D eigenvalue weighted by Gasteiger charge is -2.35. The lowest BCUT2D eigenvalue weighted by molar-refractivity contribution is -0.137. The van der Waals surface area contributed by atoms with E-state index in [1.54, 1.807) is 42.2 Å². The minimum atomic E-state index is -4.45. The molecule has 1 saturated heterocycles. The monoisotopic (exact) mass is 511 g/mol. The van der Waals surface area contributed by atoms with Crippen molar-refractivity contribution in [1.29, 1.82) is 0 Å². The molecule has 0 bridgehead atoms. The van der Waals surface area contributed by atoms with Crippen LogP contribution >= 0.6 is 11.3 Å². The number of nitrogens with zero attached hydrogens (tertiary/aromatic N) is 4. The number of carbonyl (C=O) groups excluding carboxylic acids is 1. The fourth-order valence-corrected chi connectivity index (χ4v) is 5.99. The maximum Gasteiger partial charge on any atom is 0.416 e. The molecule has 3 aromatic rings. The second kappa shape index (κ2) is 9.31. The van der Waals surface area contributed by atoms with Crippen molar-refractivity contribution in [1.82, 2.24) is 14.5 Å². The van der Waals surface area contributed by atoms with Gasteiger partial charge in [0.05, 0.1) is 5.56 Å². The highest BCUT2D eigenvalue weighted by Crippen LogP contribution is 2.32. The molecule has 0 atom stereocenters. The maximum atomic E-state index is 13.0. The SMILES string of the molecule is Cc1ccccc1C(=O)Nc1nnc(S(=O)(=O)N2CCN(c3cccc(C(F)(F)F)c3)CC2)s1. The number of aromatic nitrogens is 2. The number of piperazine rings is 1. The quantitative estimate of drug-likeness (QED) is 0.526. The smallest absolute Gasteiger partial charge is 0.369 e. The number of amides is 1. The molecule has 0 radical (unpaired) electrons. The average Bonchev–Trinajstić information content (AvgIpc) is 3.28. The number of anilines is 2. The van der Waals surface area contributed by atoms with Crippen LogP contribution in [0.3, 0.4) is 0 Å². The van der Waals surface area contributed by atoms with E-state index in [-0.39, 0.29) is 35.7 Å². The summed E-state index contributed by atoms with van der Waals surface area (Å²) in [6.45, 7) is 2.36. The molecule has 2 aromatic carbocycles. The van der Waals surface area contributed by atoms with Crippen molar-refractivity contribution in [3.63, 3.8) is 0 Å². The van der Waals surface area contributed by atoms with E-state index in [1.165, 1.54) is 10.4 Å². The van der Waals surface area contributed by atoms with Crippen molar-refractivity contribution in [3.05, 3.63) is 65.2 Å². The van der Waals surface area contributed by atoms with Crippen molar-refractivity contribution in [3.8, 4) is 0 Å². The Balaban J connectivity index is 1.42. The summed E-state index contributed by atoms with van der Waals surface area (Å²) in [6, 6.07) is 11.9. The van der Waals surface area contributed by atoms with E-state index in [4.69, 9.17) is 0 Å². The van der Waals surface area contributed by atoms with Gasteiger partial charge >= 0.3 is 6.18 Å². The minimum absolute atomic E-state index is 0.0504. The van der Waals surface area contributed by atoms with Crippen LogP contribution < -0.4 is 10.2 Å². The van der Waals surface area contributed by atoms with Gasteiger partial charge in [0.2, 0.25) is 9.47 Å². The molecule has 180 valence electrons. The molecule has 4 rings (SSSR count). The van der Waals surface area contributed by atoms with E-state index in [2.05, 4.69) is 15.5 Å². The van der Waals surface area contributed by atoms with Crippen LogP contribution in [0.1, 0.15) is 21.5 Å². The summed E-state index contributed by atoms with van der Waals surface area (Å²) in [5.74, 6) is -0.423. The molecule has 1 aliphatic rings. The van der Waals surface area contributed by atoms with E-state index in [0.29, 0.717) is 11.3 Å². The van der Waals surface area contributed by atoms with Gasteiger partial charge in [-0.05, 0) is 36.8 Å². The van der Waals surface area contributed by atoms with Crippen molar-refractivity contribution in [2.45, 2.75) is 17.4 Å². The van der Waals surface area contributed by atoms with Crippen molar-refractivity contribution >= 4 is 38.1 Å². The highest BCUT2D eigenvalue weighted by Gasteiger charge is 2.34. The first-order valence-corrected chi connectivity index (χ1v) is 12.4. The molecule has 8 nitrogen and oxygen atoms in total. The number of hydrogen-bond donors (Lipinski definition) is 1. The van der Waals surface area contributed by atoms with E-state index in [9.17, 15) is 26.4 Å². The Morgan fingerprint density at radius 1 is 1.03 bits per heavy atom. The van der Waals surface area contributed by atoms with Crippen LogP contribution in [0.15, 0.2) is 52.9 Å². The summed E-state index contributed by atoms with van der Waals surface area (Å²) in [5.41, 5.74) is 0.821. The second-order valence-corrected chi connectivity index (χ2v) is 10.7. The van der Waals surface area contributed by atoms with Crippen molar-refractivity contribution in [2.75, 3.05) is 36.4 Å². The summed E-state index contributed by atoms with van der Waals surface area (Å²) in [7, 11) is -3.97. The highest BCUT2D eigenvalue weighted by molar-refractivity contribution is 7.91. The van der Waals surface area contributed by atoms with Gasteiger partial charge in [0, 0.05) is 37.4 Å². The predicted octanol–water partition coefficient (Wildman–Crippen LogP) is 3.63. The van der Waals surface area contributed by atoms with Crippen LogP contribution in [0.4, 0.5) is 24.0 Å². The fourth-order valence-electron chi connectivity index (χ4n) is 3.53. The molecule has 0 saturated carbocycles. The number of carbonyl (C=O) groups is 1. The zero-order valence-electron chi connectivity index (χ0n) is 17.9. The predicted molar refractivity (Wildman–Crippen MR) is 121 cm³/mol. The van der Waals surface area contributed by atoms with E-state index in [0.717, 1.165) is 29.0 Å². The zero-order valence-corrected chi connectivity index (χ0v) is 19.5. The summed E-state index contributed by atoms with van der Waals surface area (Å²) >= 11 is 0.742. The van der Waals surface area contributed by atoms with E-state index in [1.807, 2.05) is 0 Å². The van der Waals surface area contributed by atoms with Gasteiger partial charge in [-0.2, -0.15) is 17.5 Å². The van der Waals surface area contributed by atoms with Crippen molar-refractivity contribution in [2.24, 2.45) is 0 Å². The maximum absolute atomic E-state index is 13.0. The standard InChI is InChI=1S/C21H20F3N5O3S2/c1-14-5-2-3-8-17(14)18(30)25-19-26-27-20(33-19)34(31,32)29-11-9-28(10-12-29)16-7-4-6-15(13-16)21(22,23)24/h2-8,13H,9-12H2,1H3,(H,25,26,30). The summed E-state index contributed by atoms with van der Waals surface area (Å²) < 4.78 is 65.9. The van der Waals surface area contributed by atoms with Gasteiger partial charge in [0.1, 0.15) is 0 Å². The molecule has 1 aromatic heterocycles. The van der Waals surface area contributed by atoms with Crippen LogP contribution in [-0.4, -0.2) is 55.0 Å². The lowest BCUT2D eigenvalue weighted by atomic mass is 10.1. The molecule has 1 aliphatic heterocycles. The summed E-state index contributed by atoms with van der Waals surface area (Å²) in [6.07, 6.45) is -4.45. The van der Waals surface area contributed by atoms with Gasteiger partial charge in [-0.1, -0.05) is 35.6 Å². The Bertz CT molecular complexity index is 1300. The topological polar surface area (TPSA) is 95.5 Å². The van der Waals surface area contributed by atoms with Gasteiger partial charge in [-0.15, -0.1) is 10.2 Å². The molecular formula is C21H20F3N5O3S2. The largest absolute Gasteiger partial charge is 0.416 e. The molecule has 0 spiro atoms. The lowest BCUT2D eigenvalue weighted by Crippen LogP contribution is -2.48. The molecule has 1 N–H and O–H groups in total. The first kappa shape index (κ1) is 24.1. The second-order valence-electron chi connectivity index (χ2n) is 7.58. The average molecular weight is 512 g/mol. The molecule has 1 fully saturated rings. The molecule has 0 aliphatic carbocycles. The summed E-state index contributed by atoms with van der Waals surface area (Å²) in [5, 5.41) is 10.1. The fraction of sp³-hybridized carbons (Fsp3) is 0.286. The number of halogens is 3. The van der Waals surface area contributed by atoms with Crippen molar-refractivity contribution < 1.29 is 26.4 Å². The molecule has 34 heavy (non-hydrogen) atoms. The molecule has 0 unspecified atom stereocenters. The Hall–Kier alpha value is -3.03. The number of alkyl halides is 3. The normalized spacial score (nSPS) is 15.4. The number of sulfonamides is 1. The number of hydrogen-bond acceptors (Lipinski definition) is 7. The minimum Gasteiger partial charge on any atom is -0.369 e. The summed E-state index contributed by atoms with van der Waals surface area (Å²) in [4.78, 5) is 14.1. The zero-order chi connectivity index (χ0) is 24.5. The van der Waals surface area contributed by atoms with Gasteiger partial charge in [0.25, 0.3) is 15.9 Å². The van der Waals surface area contributed by atoms with Crippen LogP contribution in [0.5, 0.6) is 0 Å². The highest BCUT2D eigenvalue weighted by atomic mass is 32.2. The van der Waals surface area contributed by atoms with Gasteiger partial charge < -0.3 is 4.90 Å². The number of rotatable bonds is 5. The Morgan fingerprint density at radius 3 is 2.41 bits per heavy atom. The third kappa shape index (κ3) is 5.05. The first-order chi connectivity index (χ1) is 16.1. The van der Waals surface area contributed by atoms with Crippen LogP contribution in [-0.2, 0) is 16.2 Å². The van der Waals surface area contributed by atoms with Gasteiger partial charge in [-0.3, -0.25) is 10.1 Å². The van der Waals surface area contributed by atoms with Crippen LogP contribution in [0.25, 0.3) is 0 Å². The van der Waals surface area contributed by atoms with Crippen LogP contribution in [0.2, 0.25) is 0 Å². The van der Waals surface area contributed by atoms with Crippen LogP contribution in [0, 0.1) is 6.92 Å². The molecule has 2 heterocycles. The Kier molecular flexibility index (Phi) is 6.60. The van der Waals surface area contributed by atoms with Gasteiger partial charge in [0.15, 0.2) is 0 Å². The molecule has 1 amide bonds. The van der Waals surface area contributed by atoms with Gasteiger partial charge in [-0.25, -0.2) is 8.42 Å². The number of aryl methyl sites for hydroxylation is 1. The Labute approximate surface area is 198 Å². The first-order valence-electron chi connectivity index (χ1n) is 10.2. The molecule has 13 heteroatoms. The number of nitrogens with one attached hydrogen (secondary N) is 1. The third-order valence-corrected chi connectivity index (χ3v) is 8.44. The van der Waals surface area contributed by atoms with E-state index < -0.39 is 27.7 Å². The van der Waals surface area contributed by atoms with E-state index >= 15 is 0 Å².